The SMILES string of the molecule is CNC(=O)COC(=O)c1cccc(N)c1Br. The first-order chi connectivity index (χ1) is 7.56. The summed E-state index contributed by atoms with van der Waals surface area (Å²) in [6, 6.07) is 4.85. The molecule has 0 aliphatic heterocycles. The molecule has 86 valence electrons. The van der Waals surface area contributed by atoms with Gasteiger partial charge in [-0.3, -0.25) is 4.79 Å². The highest BCUT2D eigenvalue weighted by molar-refractivity contribution is 9.10. The highest BCUT2D eigenvalue weighted by Gasteiger charge is 2.14. The van der Waals surface area contributed by atoms with Crippen molar-refractivity contribution in [1.29, 1.82) is 0 Å². The molecule has 0 fully saturated rings. The fraction of sp³-hybridized carbons (Fsp3) is 0.200. The summed E-state index contributed by atoms with van der Waals surface area (Å²) in [6.45, 7) is -0.309. The molecule has 1 aromatic rings. The summed E-state index contributed by atoms with van der Waals surface area (Å²) in [5.74, 6) is -0.962. The Labute approximate surface area is 101 Å². The van der Waals surface area contributed by atoms with Gasteiger partial charge in [0.2, 0.25) is 0 Å². The molecule has 6 heteroatoms. The number of amides is 1. The highest BCUT2D eigenvalue weighted by Crippen LogP contribution is 2.24. The number of ether oxygens (including phenoxy) is 1. The second kappa shape index (κ2) is 5.50. The van der Waals surface area contributed by atoms with Gasteiger partial charge in [0.25, 0.3) is 5.91 Å². The largest absolute Gasteiger partial charge is 0.452 e. The smallest absolute Gasteiger partial charge is 0.339 e. The van der Waals surface area contributed by atoms with Crippen molar-refractivity contribution in [2.75, 3.05) is 19.4 Å². The lowest BCUT2D eigenvalue weighted by atomic mass is 10.2. The number of benzene rings is 1. The lowest BCUT2D eigenvalue weighted by Crippen LogP contribution is -2.25. The van der Waals surface area contributed by atoms with Crippen LogP contribution in [0.1, 0.15) is 10.4 Å². The van der Waals surface area contributed by atoms with Crippen LogP contribution in [-0.2, 0) is 9.53 Å². The number of likely N-dealkylation sites (N-methyl/N-ethyl adjacent to an activating group) is 1. The van der Waals surface area contributed by atoms with Crippen LogP contribution in [0.25, 0.3) is 0 Å². The Bertz CT molecular complexity index is 421. The summed E-state index contributed by atoms with van der Waals surface area (Å²) in [6.07, 6.45) is 0. The van der Waals surface area contributed by atoms with Crippen molar-refractivity contribution in [3.8, 4) is 0 Å². The number of esters is 1. The quantitative estimate of drug-likeness (QED) is 0.640. The van der Waals surface area contributed by atoms with Gasteiger partial charge in [-0.2, -0.15) is 0 Å². The molecule has 0 bridgehead atoms. The van der Waals surface area contributed by atoms with Crippen LogP contribution in [0.15, 0.2) is 22.7 Å². The van der Waals surface area contributed by atoms with Gasteiger partial charge in [-0.1, -0.05) is 6.07 Å². The van der Waals surface area contributed by atoms with Crippen LogP contribution in [0.5, 0.6) is 0 Å². The Kier molecular flexibility index (Phi) is 4.30. The van der Waals surface area contributed by atoms with E-state index in [2.05, 4.69) is 21.2 Å². The third-order valence-electron chi connectivity index (χ3n) is 1.86. The van der Waals surface area contributed by atoms with E-state index < -0.39 is 5.97 Å². The number of halogens is 1. The molecular formula is C10H11BrN2O3. The van der Waals surface area contributed by atoms with E-state index in [-0.39, 0.29) is 12.5 Å². The molecule has 1 amide bonds. The number of anilines is 1. The predicted octanol–water partition coefficient (Wildman–Crippen LogP) is 0.934. The van der Waals surface area contributed by atoms with Gasteiger partial charge in [0.1, 0.15) is 0 Å². The number of nitrogen functional groups attached to an aromatic ring is 1. The van der Waals surface area contributed by atoms with Crippen molar-refractivity contribution in [3.63, 3.8) is 0 Å². The van der Waals surface area contributed by atoms with Crippen LogP contribution in [0.3, 0.4) is 0 Å². The number of carbonyl (C=O) groups excluding carboxylic acids is 2. The number of nitrogens with two attached hydrogens (primary N) is 1. The first-order valence-electron chi connectivity index (χ1n) is 4.48. The number of hydrogen-bond donors (Lipinski definition) is 2. The molecule has 0 saturated heterocycles. The Hall–Kier alpha value is -1.56. The van der Waals surface area contributed by atoms with E-state index in [1.165, 1.54) is 7.05 Å². The topological polar surface area (TPSA) is 81.4 Å². The van der Waals surface area contributed by atoms with Crippen LogP contribution in [-0.4, -0.2) is 25.5 Å². The third-order valence-corrected chi connectivity index (χ3v) is 2.75. The van der Waals surface area contributed by atoms with Crippen molar-refractivity contribution < 1.29 is 14.3 Å². The van der Waals surface area contributed by atoms with Crippen LogP contribution in [0.4, 0.5) is 5.69 Å². The predicted molar refractivity (Wildman–Crippen MR) is 62.9 cm³/mol. The molecule has 3 N–H and O–H groups in total. The molecule has 0 spiro atoms. The number of nitrogens with one attached hydrogen (secondary N) is 1. The first-order valence-corrected chi connectivity index (χ1v) is 5.27. The lowest BCUT2D eigenvalue weighted by Gasteiger charge is -2.06. The van der Waals surface area contributed by atoms with Crippen LogP contribution in [0, 0.1) is 0 Å². The molecule has 0 unspecified atom stereocenters. The maximum absolute atomic E-state index is 11.6. The molecule has 0 radical (unpaired) electrons. The summed E-state index contributed by atoms with van der Waals surface area (Å²) < 4.78 is 5.25. The zero-order valence-corrected chi connectivity index (χ0v) is 10.2. The minimum absolute atomic E-state index is 0.295. The van der Waals surface area contributed by atoms with Crippen molar-refractivity contribution in [2.45, 2.75) is 0 Å². The highest BCUT2D eigenvalue weighted by atomic mass is 79.9. The van der Waals surface area contributed by atoms with Gasteiger partial charge in [-0.05, 0) is 28.1 Å². The summed E-state index contributed by atoms with van der Waals surface area (Å²) in [5, 5.41) is 2.35. The number of hydrogen-bond acceptors (Lipinski definition) is 4. The van der Waals surface area contributed by atoms with Gasteiger partial charge in [-0.25, -0.2) is 4.79 Å². The van der Waals surface area contributed by atoms with E-state index in [1.54, 1.807) is 18.2 Å². The third kappa shape index (κ3) is 2.96. The average molecular weight is 287 g/mol. The van der Waals surface area contributed by atoms with Gasteiger partial charge in [-0.15, -0.1) is 0 Å². The van der Waals surface area contributed by atoms with Crippen molar-refractivity contribution in [1.82, 2.24) is 5.32 Å². The van der Waals surface area contributed by atoms with Crippen LogP contribution in [0.2, 0.25) is 0 Å². The fourth-order valence-corrected chi connectivity index (χ4v) is 1.41. The van der Waals surface area contributed by atoms with Gasteiger partial charge < -0.3 is 15.8 Å². The average Bonchev–Trinajstić information content (AvgIpc) is 2.29. The lowest BCUT2D eigenvalue weighted by molar-refractivity contribution is -0.123. The van der Waals surface area contributed by atoms with Gasteiger partial charge in [0, 0.05) is 12.7 Å². The van der Waals surface area contributed by atoms with Crippen LogP contribution < -0.4 is 11.1 Å². The summed E-state index contributed by atoms with van der Waals surface area (Å²) in [4.78, 5) is 22.4. The summed E-state index contributed by atoms with van der Waals surface area (Å²) in [5.41, 5.74) is 6.34. The van der Waals surface area contributed by atoms with Crippen LogP contribution >= 0.6 is 15.9 Å². The molecule has 0 atom stereocenters. The molecule has 0 aromatic heterocycles. The monoisotopic (exact) mass is 286 g/mol. The molecule has 1 aromatic carbocycles. The summed E-state index contributed by atoms with van der Waals surface area (Å²) >= 11 is 3.18. The molecule has 0 aliphatic carbocycles. The van der Waals surface area contributed by atoms with E-state index >= 15 is 0 Å². The Morgan fingerprint density at radius 3 is 2.81 bits per heavy atom. The summed E-state index contributed by atoms with van der Waals surface area (Å²) in [7, 11) is 1.46. The Balaban J connectivity index is 2.74. The molecular weight excluding hydrogens is 276 g/mol. The van der Waals surface area contributed by atoms with Gasteiger partial charge in [0.05, 0.1) is 10.0 Å². The van der Waals surface area contributed by atoms with E-state index in [9.17, 15) is 9.59 Å². The molecule has 0 heterocycles. The van der Waals surface area contributed by atoms with Crippen molar-refractivity contribution >= 4 is 33.5 Å². The maximum Gasteiger partial charge on any atom is 0.339 e. The Morgan fingerprint density at radius 2 is 2.19 bits per heavy atom. The second-order valence-corrected chi connectivity index (χ2v) is 3.75. The van der Waals surface area contributed by atoms with Gasteiger partial charge in [0.15, 0.2) is 6.61 Å². The molecule has 0 aliphatic rings. The first kappa shape index (κ1) is 12.5. The van der Waals surface area contributed by atoms with E-state index in [4.69, 9.17) is 10.5 Å². The molecule has 1 rings (SSSR count). The second-order valence-electron chi connectivity index (χ2n) is 2.96. The Morgan fingerprint density at radius 1 is 1.50 bits per heavy atom. The molecule has 0 saturated carbocycles. The van der Waals surface area contributed by atoms with E-state index in [1.807, 2.05) is 0 Å². The van der Waals surface area contributed by atoms with E-state index in [0.717, 1.165) is 0 Å². The number of rotatable bonds is 3. The number of carbonyl (C=O) groups is 2. The normalized spacial score (nSPS) is 9.62. The molecule has 5 nitrogen and oxygen atoms in total. The molecule has 16 heavy (non-hydrogen) atoms. The fourth-order valence-electron chi connectivity index (χ4n) is 0.988. The zero-order chi connectivity index (χ0) is 12.1. The standard InChI is InChI=1S/C10H11BrN2O3/c1-13-8(14)5-16-10(15)6-3-2-4-7(12)9(6)11/h2-4H,5,12H2,1H3,(H,13,14). The van der Waals surface area contributed by atoms with Crippen molar-refractivity contribution in [2.24, 2.45) is 0 Å². The zero-order valence-electron chi connectivity index (χ0n) is 8.62. The van der Waals surface area contributed by atoms with E-state index in [0.29, 0.717) is 15.7 Å². The minimum atomic E-state index is -0.595. The van der Waals surface area contributed by atoms with Gasteiger partial charge >= 0.3 is 5.97 Å². The minimum Gasteiger partial charge on any atom is -0.452 e. The maximum atomic E-state index is 11.6. The van der Waals surface area contributed by atoms with Crippen molar-refractivity contribution in [3.05, 3.63) is 28.2 Å².